The molecule has 7 heavy (non-hydrogen) atoms. The third-order valence-electron chi connectivity index (χ3n) is 0. The van der Waals surface area contributed by atoms with Crippen molar-refractivity contribution in [2.45, 2.75) is 6.92 Å². The van der Waals surface area contributed by atoms with Gasteiger partial charge in [-0.3, -0.25) is 4.79 Å². The summed E-state index contributed by atoms with van der Waals surface area (Å²) in [7, 11) is 0. The van der Waals surface area contributed by atoms with E-state index in [4.69, 9.17) is 9.90 Å². The molecule has 0 radical (unpaired) electrons. The number of hydrogen-bond donors (Lipinski definition) is 1. The van der Waals surface area contributed by atoms with E-state index in [0.29, 0.717) is 0 Å². The van der Waals surface area contributed by atoms with Crippen molar-refractivity contribution in [3.63, 3.8) is 0 Å². The van der Waals surface area contributed by atoms with Crippen molar-refractivity contribution in [1.29, 1.82) is 0 Å². The fraction of sp³-hybridized carbons (Fsp3) is 0.500. The zero-order chi connectivity index (χ0) is 3.58. The maximum absolute atomic E-state index is 9.00. The Kier molecular flexibility index (Phi) is 61.6. The largest absolute Gasteiger partial charge is 0.481 e. The zero-order valence-electron chi connectivity index (χ0n) is 4.06. The molecule has 0 bridgehead atoms. The Morgan fingerprint density at radius 2 is 1.43 bits per heavy atom. The third kappa shape index (κ3) is 1210. The first-order chi connectivity index (χ1) is 1.73. The van der Waals surface area contributed by atoms with Crippen LogP contribution in [0.15, 0.2) is 0 Å². The SMILES string of the molecule is CC(=O)O.O.O.[Cd]. The number of rotatable bonds is 0. The van der Waals surface area contributed by atoms with E-state index in [1.165, 1.54) is 0 Å². The molecule has 0 aromatic carbocycles. The van der Waals surface area contributed by atoms with Gasteiger partial charge in [0, 0.05) is 34.2 Å². The molecule has 42 valence electrons. The molecule has 0 aromatic rings. The maximum Gasteiger partial charge on any atom is 0.300 e. The summed E-state index contributed by atoms with van der Waals surface area (Å²) in [5.74, 6) is -0.833. The summed E-state index contributed by atoms with van der Waals surface area (Å²) in [5.41, 5.74) is 0. The first kappa shape index (κ1) is 26.6. The van der Waals surface area contributed by atoms with E-state index >= 15 is 0 Å². The smallest absolute Gasteiger partial charge is 0.300 e. The van der Waals surface area contributed by atoms with Crippen LogP contribution in [0.2, 0.25) is 0 Å². The Balaban J connectivity index is -0.0000000150. The van der Waals surface area contributed by atoms with Crippen molar-refractivity contribution in [3.05, 3.63) is 0 Å². The molecule has 0 amide bonds. The van der Waals surface area contributed by atoms with Gasteiger partial charge in [0.2, 0.25) is 0 Å². The van der Waals surface area contributed by atoms with Crippen molar-refractivity contribution in [2.24, 2.45) is 0 Å². The van der Waals surface area contributed by atoms with Crippen LogP contribution in [0, 0.1) is 0 Å². The van der Waals surface area contributed by atoms with Crippen LogP contribution in [0.25, 0.3) is 0 Å². The molecule has 0 rings (SSSR count). The molecule has 0 aromatic heterocycles. The second kappa shape index (κ2) is 16.2. The molecule has 0 spiro atoms. The van der Waals surface area contributed by atoms with Crippen LogP contribution < -0.4 is 0 Å². The normalized spacial score (nSPS) is 3.57. The first-order valence-corrected chi connectivity index (χ1v) is 0.928. The molecule has 0 atom stereocenters. The average molecular weight is 208 g/mol. The number of carboxylic acid groups (broad SMARTS) is 1. The minimum absolute atomic E-state index is 0. The van der Waals surface area contributed by atoms with Gasteiger partial charge in [-0.25, -0.2) is 0 Å². The first-order valence-electron chi connectivity index (χ1n) is 0.928. The quantitative estimate of drug-likeness (QED) is 0.487. The van der Waals surface area contributed by atoms with Gasteiger partial charge in [-0.1, -0.05) is 0 Å². The molecule has 4 nitrogen and oxygen atoms in total. The maximum atomic E-state index is 9.00. The fourth-order valence-electron chi connectivity index (χ4n) is 0. The van der Waals surface area contributed by atoms with E-state index < -0.39 is 5.97 Å². The number of aliphatic carboxylic acids is 1. The summed E-state index contributed by atoms with van der Waals surface area (Å²) >= 11 is 0. The summed E-state index contributed by atoms with van der Waals surface area (Å²) in [5, 5.41) is 7.42. The molecule has 0 heterocycles. The van der Waals surface area contributed by atoms with Gasteiger partial charge in [0.05, 0.1) is 0 Å². The Hall–Kier alpha value is 0.312. The van der Waals surface area contributed by atoms with Crippen molar-refractivity contribution < 1.29 is 48.2 Å². The topological polar surface area (TPSA) is 100 Å². The zero-order valence-corrected chi connectivity index (χ0v) is 8.10. The third-order valence-corrected chi connectivity index (χ3v) is 0. The molecular weight excluding hydrogens is 200 g/mol. The molecular formula is C2H8CdO4. The second-order valence-corrected chi connectivity index (χ2v) is 0.519. The predicted octanol–water partition coefficient (Wildman–Crippen LogP) is -1.56. The molecule has 0 aliphatic rings. The van der Waals surface area contributed by atoms with Gasteiger partial charge in [0.15, 0.2) is 0 Å². The molecule has 0 unspecified atom stereocenters. The van der Waals surface area contributed by atoms with Crippen LogP contribution in [0.3, 0.4) is 0 Å². The Morgan fingerprint density at radius 3 is 1.43 bits per heavy atom. The summed E-state index contributed by atoms with van der Waals surface area (Å²) in [4.78, 5) is 9.00. The van der Waals surface area contributed by atoms with E-state index in [2.05, 4.69) is 0 Å². The minimum Gasteiger partial charge on any atom is -0.481 e. The van der Waals surface area contributed by atoms with E-state index in [0.717, 1.165) is 6.92 Å². The average Bonchev–Trinajstić information content (AvgIpc) is 0.811. The fourth-order valence-corrected chi connectivity index (χ4v) is 0. The number of carbonyl (C=O) groups is 1. The van der Waals surface area contributed by atoms with Gasteiger partial charge in [-0.05, 0) is 0 Å². The van der Waals surface area contributed by atoms with Gasteiger partial charge in [0.1, 0.15) is 0 Å². The summed E-state index contributed by atoms with van der Waals surface area (Å²) in [6.45, 7) is 1.08. The van der Waals surface area contributed by atoms with Crippen LogP contribution in [0.4, 0.5) is 0 Å². The van der Waals surface area contributed by atoms with Crippen LogP contribution in [-0.2, 0) is 32.1 Å². The van der Waals surface area contributed by atoms with E-state index in [1.54, 1.807) is 0 Å². The summed E-state index contributed by atoms with van der Waals surface area (Å²) in [6.07, 6.45) is 0. The van der Waals surface area contributed by atoms with Gasteiger partial charge < -0.3 is 16.1 Å². The Morgan fingerprint density at radius 1 is 1.43 bits per heavy atom. The van der Waals surface area contributed by atoms with Crippen molar-refractivity contribution in [2.75, 3.05) is 0 Å². The van der Waals surface area contributed by atoms with Crippen LogP contribution in [0.5, 0.6) is 0 Å². The molecule has 0 fully saturated rings. The molecule has 0 aliphatic heterocycles. The molecule has 5 heteroatoms. The van der Waals surface area contributed by atoms with Crippen LogP contribution in [-0.4, -0.2) is 22.0 Å². The van der Waals surface area contributed by atoms with E-state index in [-0.39, 0.29) is 38.3 Å². The van der Waals surface area contributed by atoms with E-state index in [9.17, 15) is 0 Å². The van der Waals surface area contributed by atoms with Crippen molar-refractivity contribution in [3.8, 4) is 0 Å². The molecule has 5 N–H and O–H groups in total. The van der Waals surface area contributed by atoms with Gasteiger partial charge in [-0.15, -0.1) is 0 Å². The van der Waals surface area contributed by atoms with Crippen molar-refractivity contribution >= 4 is 5.97 Å². The Bertz CT molecular complexity index is 32.7. The summed E-state index contributed by atoms with van der Waals surface area (Å²) < 4.78 is 0. The number of hydrogen-bond acceptors (Lipinski definition) is 1. The monoisotopic (exact) mass is 210 g/mol. The second-order valence-electron chi connectivity index (χ2n) is 0.519. The molecule has 0 saturated carbocycles. The van der Waals surface area contributed by atoms with Crippen LogP contribution in [0.1, 0.15) is 6.92 Å². The standard InChI is InChI=1S/C2H4O2.Cd.2H2O/c1-2(3)4;;;/h1H3,(H,3,4);;2*1H2. The van der Waals surface area contributed by atoms with Gasteiger partial charge in [0.25, 0.3) is 5.97 Å². The van der Waals surface area contributed by atoms with Gasteiger partial charge >= 0.3 is 0 Å². The van der Waals surface area contributed by atoms with Gasteiger partial charge in [-0.2, -0.15) is 0 Å². The number of carboxylic acids is 1. The summed E-state index contributed by atoms with van der Waals surface area (Å²) in [6, 6.07) is 0. The van der Waals surface area contributed by atoms with Crippen LogP contribution >= 0.6 is 0 Å². The minimum atomic E-state index is -0.833. The molecule has 0 saturated heterocycles. The Labute approximate surface area is 61.3 Å². The predicted molar refractivity (Wildman–Crippen MR) is 20.5 cm³/mol. The van der Waals surface area contributed by atoms with Crippen molar-refractivity contribution in [1.82, 2.24) is 0 Å². The van der Waals surface area contributed by atoms with E-state index in [1.807, 2.05) is 0 Å². The molecule has 0 aliphatic carbocycles.